The maximum Gasteiger partial charge on any atom is 0.262 e. The molecule has 0 unspecified atom stereocenters. The van der Waals surface area contributed by atoms with Gasteiger partial charge in [0.25, 0.3) is 5.91 Å². The summed E-state index contributed by atoms with van der Waals surface area (Å²) in [7, 11) is 0. The van der Waals surface area contributed by atoms with Crippen molar-refractivity contribution in [3.8, 4) is 11.5 Å². The number of amides is 2. The number of ether oxygens (including phenoxy) is 2. The molecule has 0 spiro atoms. The third-order valence-electron chi connectivity index (χ3n) is 2.63. The van der Waals surface area contributed by atoms with Crippen LogP contribution in [0.1, 0.15) is 20.3 Å². The van der Waals surface area contributed by atoms with Crippen molar-refractivity contribution in [2.45, 2.75) is 26.3 Å². The van der Waals surface area contributed by atoms with Gasteiger partial charge >= 0.3 is 0 Å². The topological polar surface area (TPSA) is 76.7 Å². The van der Waals surface area contributed by atoms with Crippen molar-refractivity contribution in [2.24, 2.45) is 0 Å². The van der Waals surface area contributed by atoms with E-state index in [1.54, 1.807) is 18.2 Å². The van der Waals surface area contributed by atoms with Crippen molar-refractivity contribution in [3.05, 3.63) is 18.2 Å². The molecule has 0 saturated carbocycles. The summed E-state index contributed by atoms with van der Waals surface area (Å²) < 4.78 is 10.7. The van der Waals surface area contributed by atoms with Gasteiger partial charge in [0, 0.05) is 12.1 Å². The second kappa shape index (κ2) is 6.27. The zero-order valence-electron chi connectivity index (χ0n) is 11.6. The number of rotatable bonds is 5. The maximum atomic E-state index is 11.5. The Kier molecular flexibility index (Phi) is 4.45. The number of anilines is 1. The lowest BCUT2D eigenvalue weighted by Gasteiger charge is -2.18. The Labute approximate surface area is 117 Å². The van der Waals surface area contributed by atoms with E-state index in [1.165, 1.54) is 0 Å². The number of hydrogen-bond donors (Lipinski definition) is 2. The van der Waals surface area contributed by atoms with Crippen molar-refractivity contribution in [1.29, 1.82) is 0 Å². The van der Waals surface area contributed by atoms with Crippen LogP contribution in [0.25, 0.3) is 0 Å². The molecule has 2 N–H and O–H groups in total. The highest BCUT2D eigenvalue weighted by Gasteiger charge is 2.16. The van der Waals surface area contributed by atoms with Crippen molar-refractivity contribution in [1.82, 2.24) is 5.32 Å². The summed E-state index contributed by atoms with van der Waals surface area (Å²) >= 11 is 0. The van der Waals surface area contributed by atoms with E-state index in [2.05, 4.69) is 10.6 Å². The normalized spacial score (nSPS) is 13.2. The fraction of sp³-hybridized carbons (Fsp3) is 0.429. The third kappa shape index (κ3) is 3.88. The average Bonchev–Trinajstić information content (AvgIpc) is 2.37. The van der Waals surface area contributed by atoms with E-state index >= 15 is 0 Å². The van der Waals surface area contributed by atoms with E-state index in [0.717, 1.165) is 0 Å². The smallest absolute Gasteiger partial charge is 0.262 e. The highest BCUT2D eigenvalue weighted by atomic mass is 16.5. The quantitative estimate of drug-likeness (QED) is 0.851. The van der Waals surface area contributed by atoms with Crippen LogP contribution >= 0.6 is 0 Å². The van der Waals surface area contributed by atoms with E-state index in [-0.39, 0.29) is 37.5 Å². The van der Waals surface area contributed by atoms with Crippen LogP contribution in [0.15, 0.2) is 18.2 Å². The van der Waals surface area contributed by atoms with Crippen molar-refractivity contribution in [2.75, 3.05) is 18.5 Å². The molecular formula is C14H18N2O4. The lowest BCUT2D eigenvalue weighted by molar-refractivity contribution is -0.122. The second-order valence-corrected chi connectivity index (χ2v) is 4.82. The van der Waals surface area contributed by atoms with Gasteiger partial charge in [-0.1, -0.05) is 0 Å². The van der Waals surface area contributed by atoms with Crippen molar-refractivity contribution < 1.29 is 19.1 Å². The molecule has 2 amide bonds. The summed E-state index contributed by atoms with van der Waals surface area (Å²) in [5.74, 6) is 0.974. The lowest BCUT2D eigenvalue weighted by Crippen LogP contribution is -2.31. The third-order valence-corrected chi connectivity index (χ3v) is 2.63. The second-order valence-electron chi connectivity index (χ2n) is 4.82. The summed E-state index contributed by atoms with van der Waals surface area (Å²) in [6.45, 7) is 4.13. The summed E-state index contributed by atoms with van der Waals surface area (Å²) in [5, 5.41) is 5.49. The highest BCUT2D eigenvalue weighted by Crippen LogP contribution is 2.31. The molecule has 1 aromatic rings. The summed E-state index contributed by atoms with van der Waals surface area (Å²) in [4.78, 5) is 22.7. The standard InChI is InChI=1S/C14H18N2O4/c1-9(2)15-13(17)5-6-19-10-3-4-12-11(7-10)16-14(18)8-20-12/h3-4,7,9H,5-6,8H2,1-2H3,(H,15,17)(H,16,18). The number of carbonyl (C=O) groups is 2. The van der Waals surface area contributed by atoms with E-state index in [0.29, 0.717) is 17.2 Å². The van der Waals surface area contributed by atoms with E-state index in [1.807, 2.05) is 13.8 Å². The minimum Gasteiger partial charge on any atom is -0.493 e. The zero-order valence-corrected chi connectivity index (χ0v) is 11.6. The highest BCUT2D eigenvalue weighted by molar-refractivity contribution is 5.95. The lowest BCUT2D eigenvalue weighted by atomic mass is 10.2. The molecule has 6 nitrogen and oxygen atoms in total. The van der Waals surface area contributed by atoms with Gasteiger partial charge in [0.05, 0.1) is 18.7 Å². The summed E-state index contributed by atoms with van der Waals surface area (Å²) in [6.07, 6.45) is 0.290. The average molecular weight is 278 g/mol. The van der Waals surface area contributed by atoms with E-state index in [9.17, 15) is 9.59 Å². The molecule has 108 valence electrons. The van der Waals surface area contributed by atoms with Gasteiger partial charge in [-0.25, -0.2) is 0 Å². The van der Waals surface area contributed by atoms with Crippen LogP contribution in [-0.4, -0.2) is 31.1 Å². The number of hydrogen-bond acceptors (Lipinski definition) is 4. The van der Waals surface area contributed by atoms with Gasteiger partial charge in [0.15, 0.2) is 6.61 Å². The maximum absolute atomic E-state index is 11.5. The Morgan fingerprint density at radius 2 is 2.30 bits per heavy atom. The molecule has 1 aliphatic heterocycles. The predicted octanol–water partition coefficient (Wildman–Crippen LogP) is 1.31. The predicted molar refractivity (Wildman–Crippen MR) is 74.0 cm³/mol. The number of nitrogens with one attached hydrogen (secondary N) is 2. The Balaban J connectivity index is 1.86. The molecule has 6 heteroatoms. The molecule has 0 atom stereocenters. The van der Waals surface area contributed by atoms with Crippen LogP contribution in [0.4, 0.5) is 5.69 Å². The molecule has 0 radical (unpaired) electrons. The first-order chi connectivity index (χ1) is 9.54. The molecular weight excluding hydrogens is 260 g/mol. The molecule has 1 aliphatic rings. The van der Waals surface area contributed by atoms with E-state index in [4.69, 9.17) is 9.47 Å². The van der Waals surface area contributed by atoms with Crippen LogP contribution in [0.5, 0.6) is 11.5 Å². The minimum absolute atomic E-state index is 0.0303. The largest absolute Gasteiger partial charge is 0.493 e. The molecule has 0 bridgehead atoms. The van der Waals surface area contributed by atoms with Gasteiger partial charge in [-0.05, 0) is 26.0 Å². The summed E-state index contributed by atoms with van der Waals surface area (Å²) in [6, 6.07) is 5.29. The van der Waals surface area contributed by atoms with Crippen LogP contribution in [-0.2, 0) is 9.59 Å². The van der Waals surface area contributed by atoms with Crippen LogP contribution in [0, 0.1) is 0 Å². The first-order valence-corrected chi connectivity index (χ1v) is 6.53. The minimum atomic E-state index is -0.189. The van der Waals surface area contributed by atoms with Gasteiger partial charge < -0.3 is 20.1 Å². The Bertz CT molecular complexity index is 514. The van der Waals surface area contributed by atoms with Gasteiger partial charge in [-0.2, -0.15) is 0 Å². The Morgan fingerprint density at radius 3 is 3.05 bits per heavy atom. The van der Waals surface area contributed by atoms with E-state index < -0.39 is 0 Å². The van der Waals surface area contributed by atoms with Gasteiger partial charge in [-0.15, -0.1) is 0 Å². The van der Waals surface area contributed by atoms with Gasteiger partial charge in [-0.3, -0.25) is 9.59 Å². The number of carbonyl (C=O) groups excluding carboxylic acids is 2. The molecule has 0 saturated heterocycles. The van der Waals surface area contributed by atoms with Gasteiger partial charge in [0.1, 0.15) is 11.5 Å². The van der Waals surface area contributed by atoms with Crippen molar-refractivity contribution >= 4 is 17.5 Å². The first-order valence-electron chi connectivity index (χ1n) is 6.53. The fourth-order valence-electron chi connectivity index (χ4n) is 1.81. The Morgan fingerprint density at radius 1 is 1.50 bits per heavy atom. The monoisotopic (exact) mass is 278 g/mol. The molecule has 1 aromatic carbocycles. The fourth-order valence-corrected chi connectivity index (χ4v) is 1.81. The first kappa shape index (κ1) is 14.2. The SMILES string of the molecule is CC(C)NC(=O)CCOc1ccc2c(c1)NC(=O)CO2. The zero-order chi connectivity index (χ0) is 14.5. The molecule has 0 aromatic heterocycles. The van der Waals surface area contributed by atoms with Gasteiger partial charge in [0.2, 0.25) is 5.91 Å². The van der Waals surface area contributed by atoms with Crippen LogP contribution in [0.2, 0.25) is 0 Å². The molecule has 1 heterocycles. The number of fused-ring (bicyclic) bond motifs is 1. The van der Waals surface area contributed by atoms with Crippen molar-refractivity contribution in [3.63, 3.8) is 0 Å². The van der Waals surface area contributed by atoms with Crippen LogP contribution < -0.4 is 20.1 Å². The molecule has 0 fully saturated rings. The molecule has 20 heavy (non-hydrogen) atoms. The Hall–Kier alpha value is -2.24. The van der Waals surface area contributed by atoms with Crippen LogP contribution in [0.3, 0.4) is 0 Å². The summed E-state index contributed by atoms with van der Waals surface area (Å²) in [5.41, 5.74) is 0.588. The number of benzene rings is 1. The molecule has 2 rings (SSSR count). The molecule has 0 aliphatic carbocycles.